The minimum Gasteiger partial charge on any atom is -0.478 e. The van der Waals surface area contributed by atoms with E-state index in [4.69, 9.17) is 5.11 Å². The Labute approximate surface area is 97.8 Å². The first-order valence-corrected chi connectivity index (χ1v) is 5.14. The Morgan fingerprint density at radius 1 is 1.41 bits per heavy atom. The SMILES string of the molecule is C/C=C/CCNc1ccc(C(=O)O)c(F)c1F. The average molecular weight is 241 g/mol. The van der Waals surface area contributed by atoms with Crippen molar-refractivity contribution in [3.63, 3.8) is 0 Å². The van der Waals surface area contributed by atoms with Crippen LogP contribution in [0.1, 0.15) is 23.7 Å². The van der Waals surface area contributed by atoms with Gasteiger partial charge in [0.15, 0.2) is 11.6 Å². The van der Waals surface area contributed by atoms with Crippen LogP contribution in [0.2, 0.25) is 0 Å². The van der Waals surface area contributed by atoms with Crippen LogP contribution in [0.3, 0.4) is 0 Å². The highest BCUT2D eigenvalue weighted by molar-refractivity contribution is 5.88. The molecule has 0 bridgehead atoms. The summed E-state index contributed by atoms with van der Waals surface area (Å²) in [4.78, 5) is 10.5. The second kappa shape index (κ2) is 5.98. The number of hydrogen-bond donors (Lipinski definition) is 2. The van der Waals surface area contributed by atoms with Crippen LogP contribution in [0, 0.1) is 11.6 Å². The van der Waals surface area contributed by atoms with E-state index in [1.54, 1.807) is 0 Å². The lowest BCUT2D eigenvalue weighted by Crippen LogP contribution is -2.08. The maximum Gasteiger partial charge on any atom is 0.338 e. The fourth-order valence-corrected chi connectivity index (χ4v) is 1.31. The topological polar surface area (TPSA) is 49.3 Å². The van der Waals surface area contributed by atoms with Crippen LogP contribution in [0.15, 0.2) is 24.3 Å². The number of benzene rings is 1. The van der Waals surface area contributed by atoms with Crippen molar-refractivity contribution in [2.75, 3.05) is 11.9 Å². The Hall–Kier alpha value is -1.91. The summed E-state index contributed by atoms with van der Waals surface area (Å²) in [5.41, 5.74) is -0.696. The van der Waals surface area contributed by atoms with Gasteiger partial charge in [-0.25, -0.2) is 13.6 Å². The fourth-order valence-electron chi connectivity index (χ4n) is 1.31. The van der Waals surface area contributed by atoms with Gasteiger partial charge in [0.1, 0.15) is 0 Å². The van der Waals surface area contributed by atoms with Crippen molar-refractivity contribution in [1.29, 1.82) is 0 Å². The third kappa shape index (κ3) is 3.27. The van der Waals surface area contributed by atoms with Gasteiger partial charge in [-0.1, -0.05) is 12.2 Å². The molecule has 0 aliphatic carbocycles. The molecule has 1 aromatic rings. The Morgan fingerprint density at radius 2 is 2.12 bits per heavy atom. The maximum atomic E-state index is 13.4. The fraction of sp³-hybridized carbons (Fsp3) is 0.250. The van der Waals surface area contributed by atoms with Crippen molar-refractivity contribution in [3.8, 4) is 0 Å². The van der Waals surface area contributed by atoms with Gasteiger partial charge >= 0.3 is 5.97 Å². The number of nitrogens with one attached hydrogen (secondary N) is 1. The van der Waals surface area contributed by atoms with Gasteiger partial charge < -0.3 is 10.4 Å². The molecular weight excluding hydrogens is 228 g/mol. The molecule has 0 amide bonds. The van der Waals surface area contributed by atoms with E-state index in [1.807, 2.05) is 19.1 Å². The Kier molecular flexibility index (Phi) is 4.63. The molecule has 0 heterocycles. The van der Waals surface area contributed by atoms with E-state index >= 15 is 0 Å². The Bertz CT molecular complexity index is 444. The predicted molar refractivity (Wildman–Crippen MR) is 61.2 cm³/mol. The summed E-state index contributed by atoms with van der Waals surface area (Å²) >= 11 is 0. The Balaban J connectivity index is 2.82. The van der Waals surface area contributed by atoms with Crippen molar-refractivity contribution < 1.29 is 18.7 Å². The normalized spacial score (nSPS) is 10.8. The van der Waals surface area contributed by atoms with Gasteiger partial charge in [-0.15, -0.1) is 0 Å². The van der Waals surface area contributed by atoms with Crippen LogP contribution >= 0.6 is 0 Å². The maximum absolute atomic E-state index is 13.4. The van der Waals surface area contributed by atoms with Crippen LogP contribution in [0.5, 0.6) is 0 Å². The molecule has 0 atom stereocenters. The summed E-state index contributed by atoms with van der Waals surface area (Å²) in [7, 11) is 0. The quantitative estimate of drug-likeness (QED) is 0.615. The molecule has 1 aromatic carbocycles. The number of carboxylic acid groups (broad SMARTS) is 1. The second-order valence-electron chi connectivity index (χ2n) is 3.38. The van der Waals surface area contributed by atoms with E-state index in [2.05, 4.69) is 5.32 Å². The van der Waals surface area contributed by atoms with Gasteiger partial charge in [-0.05, 0) is 25.5 Å². The smallest absolute Gasteiger partial charge is 0.338 e. The number of anilines is 1. The van der Waals surface area contributed by atoms with Gasteiger partial charge in [0.2, 0.25) is 0 Å². The molecule has 0 aromatic heterocycles. The summed E-state index contributed by atoms with van der Waals surface area (Å²) in [6, 6.07) is 2.26. The summed E-state index contributed by atoms with van der Waals surface area (Å²) in [6.07, 6.45) is 4.41. The number of rotatable bonds is 5. The monoisotopic (exact) mass is 241 g/mol. The van der Waals surface area contributed by atoms with E-state index in [0.29, 0.717) is 13.0 Å². The van der Waals surface area contributed by atoms with Gasteiger partial charge in [-0.3, -0.25) is 0 Å². The second-order valence-corrected chi connectivity index (χ2v) is 3.38. The summed E-state index contributed by atoms with van der Waals surface area (Å²) < 4.78 is 26.7. The van der Waals surface area contributed by atoms with Crippen molar-refractivity contribution in [2.45, 2.75) is 13.3 Å². The largest absolute Gasteiger partial charge is 0.478 e. The lowest BCUT2D eigenvalue weighted by atomic mass is 10.2. The first-order chi connectivity index (χ1) is 8.07. The zero-order chi connectivity index (χ0) is 12.8. The van der Waals surface area contributed by atoms with Crippen LogP contribution in [0.25, 0.3) is 0 Å². The zero-order valence-corrected chi connectivity index (χ0v) is 9.34. The average Bonchev–Trinajstić information content (AvgIpc) is 2.29. The first kappa shape index (κ1) is 13.2. The molecular formula is C12H13F2NO2. The molecule has 3 nitrogen and oxygen atoms in total. The highest BCUT2D eigenvalue weighted by atomic mass is 19.2. The van der Waals surface area contributed by atoms with Crippen LogP contribution in [0.4, 0.5) is 14.5 Å². The molecule has 0 saturated heterocycles. The van der Waals surface area contributed by atoms with Gasteiger partial charge in [0.05, 0.1) is 11.3 Å². The molecule has 17 heavy (non-hydrogen) atoms. The molecule has 0 saturated carbocycles. The molecule has 0 unspecified atom stereocenters. The number of carboxylic acids is 1. The van der Waals surface area contributed by atoms with E-state index in [0.717, 1.165) is 6.07 Å². The molecule has 0 radical (unpaired) electrons. The number of halogens is 2. The van der Waals surface area contributed by atoms with Gasteiger partial charge in [0.25, 0.3) is 0 Å². The number of allylic oxidation sites excluding steroid dienone is 1. The van der Waals surface area contributed by atoms with Crippen molar-refractivity contribution in [1.82, 2.24) is 0 Å². The molecule has 0 spiro atoms. The third-order valence-electron chi connectivity index (χ3n) is 2.17. The summed E-state index contributed by atoms with van der Waals surface area (Å²) in [6.45, 7) is 2.31. The van der Waals surface area contributed by atoms with Crippen LogP contribution < -0.4 is 5.32 Å². The van der Waals surface area contributed by atoms with Crippen molar-refractivity contribution in [2.24, 2.45) is 0 Å². The summed E-state index contributed by atoms with van der Waals surface area (Å²) in [5.74, 6) is -3.99. The first-order valence-electron chi connectivity index (χ1n) is 5.14. The van der Waals surface area contributed by atoms with Crippen LogP contribution in [-0.2, 0) is 0 Å². The molecule has 5 heteroatoms. The molecule has 0 aliphatic heterocycles. The minimum absolute atomic E-state index is 0.0306. The zero-order valence-electron chi connectivity index (χ0n) is 9.34. The predicted octanol–water partition coefficient (Wildman–Crippen LogP) is 3.04. The van der Waals surface area contributed by atoms with Crippen molar-refractivity contribution >= 4 is 11.7 Å². The highest BCUT2D eigenvalue weighted by Crippen LogP contribution is 2.20. The van der Waals surface area contributed by atoms with E-state index in [-0.39, 0.29) is 5.69 Å². The molecule has 2 N–H and O–H groups in total. The lowest BCUT2D eigenvalue weighted by Gasteiger charge is -2.08. The lowest BCUT2D eigenvalue weighted by molar-refractivity contribution is 0.0690. The standard InChI is InChI=1S/C12H13F2NO2/c1-2-3-4-7-15-9-6-5-8(12(16)17)10(13)11(9)14/h2-3,5-6,15H,4,7H2,1H3,(H,16,17)/b3-2+. The van der Waals surface area contributed by atoms with Crippen LogP contribution in [-0.4, -0.2) is 17.6 Å². The molecule has 92 valence electrons. The minimum atomic E-state index is -1.48. The van der Waals surface area contributed by atoms with Gasteiger partial charge in [-0.2, -0.15) is 0 Å². The van der Waals surface area contributed by atoms with Crippen molar-refractivity contribution in [3.05, 3.63) is 41.5 Å². The summed E-state index contributed by atoms with van der Waals surface area (Å²) in [5, 5.41) is 11.3. The highest BCUT2D eigenvalue weighted by Gasteiger charge is 2.17. The Morgan fingerprint density at radius 3 is 2.71 bits per heavy atom. The molecule has 0 fully saturated rings. The molecule has 1 rings (SSSR count). The number of carbonyl (C=O) groups is 1. The van der Waals surface area contributed by atoms with Gasteiger partial charge in [0, 0.05) is 6.54 Å². The number of aromatic carboxylic acids is 1. The third-order valence-corrected chi connectivity index (χ3v) is 2.17. The number of hydrogen-bond acceptors (Lipinski definition) is 2. The van der Waals surface area contributed by atoms with E-state index < -0.39 is 23.2 Å². The molecule has 0 aliphatic rings. The van der Waals surface area contributed by atoms with E-state index in [9.17, 15) is 13.6 Å². The van der Waals surface area contributed by atoms with E-state index in [1.165, 1.54) is 6.07 Å².